The number of pyridine rings is 1. The first-order valence-electron chi connectivity index (χ1n) is 5.77. The van der Waals surface area contributed by atoms with E-state index in [-0.39, 0.29) is 5.91 Å². The van der Waals surface area contributed by atoms with E-state index in [0.29, 0.717) is 21.5 Å². The number of carbonyl (C=O) groups is 1. The summed E-state index contributed by atoms with van der Waals surface area (Å²) in [5, 5.41) is 2.77. The highest BCUT2D eigenvalue weighted by molar-refractivity contribution is 9.10. The lowest BCUT2D eigenvalue weighted by Crippen LogP contribution is -2.15. The summed E-state index contributed by atoms with van der Waals surface area (Å²) in [5.74, 6) is 0.277. The third kappa shape index (κ3) is 2.93. The molecule has 0 radical (unpaired) electrons. The minimum absolute atomic E-state index is 0.181. The van der Waals surface area contributed by atoms with Gasteiger partial charge in [-0.15, -0.1) is 0 Å². The first-order chi connectivity index (χ1) is 8.99. The second kappa shape index (κ2) is 5.40. The van der Waals surface area contributed by atoms with Crippen LogP contribution in [0.15, 0.2) is 34.9 Å². The SMILES string of the molecule is Cc1cccc(C(=O)Nc2ncc(N)cc2Br)c1C. The molecule has 0 atom stereocenters. The standard InChI is InChI=1S/C14H14BrN3O/c1-8-4-3-5-11(9(8)2)14(19)18-13-12(15)6-10(16)7-17-13/h3-7H,16H2,1-2H3,(H,17,18,19). The predicted molar refractivity (Wildman–Crippen MR) is 80.2 cm³/mol. The molecule has 19 heavy (non-hydrogen) atoms. The number of nitrogens with zero attached hydrogens (tertiary/aromatic N) is 1. The maximum absolute atomic E-state index is 12.2. The highest BCUT2D eigenvalue weighted by Gasteiger charge is 2.12. The summed E-state index contributed by atoms with van der Waals surface area (Å²) in [6.07, 6.45) is 1.50. The highest BCUT2D eigenvalue weighted by atomic mass is 79.9. The van der Waals surface area contributed by atoms with Crippen LogP contribution in [0.5, 0.6) is 0 Å². The van der Waals surface area contributed by atoms with Gasteiger partial charge >= 0.3 is 0 Å². The molecule has 0 spiro atoms. The van der Waals surface area contributed by atoms with Crippen molar-refractivity contribution in [3.8, 4) is 0 Å². The van der Waals surface area contributed by atoms with Crippen molar-refractivity contribution in [1.82, 2.24) is 4.98 Å². The number of benzene rings is 1. The van der Waals surface area contributed by atoms with Gasteiger partial charge in [-0.1, -0.05) is 12.1 Å². The van der Waals surface area contributed by atoms with Gasteiger partial charge in [0, 0.05) is 5.56 Å². The number of anilines is 2. The Morgan fingerprint density at radius 3 is 2.79 bits per heavy atom. The van der Waals surface area contributed by atoms with Crippen LogP contribution >= 0.6 is 15.9 Å². The third-order valence-electron chi connectivity index (χ3n) is 2.94. The molecule has 2 rings (SSSR count). The van der Waals surface area contributed by atoms with Gasteiger partial charge in [0.2, 0.25) is 0 Å². The smallest absolute Gasteiger partial charge is 0.257 e. The van der Waals surface area contributed by atoms with E-state index in [1.54, 1.807) is 12.1 Å². The molecule has 2 aromatic rings. The molecule has 1 aromatic carbocycles. The molecule has 0 aliphatic rings. The minimum Gasteiger partial charge on any atom is -0.397 e. The molecule has 3 N–H and O–H groups in total. The van der Waals surface area contributed by atoms with E-state index in [9.17, 15) is 4.79 Å². The first-order valence-corrected chi connectivity index (χ1v) is 6.57. The van der Waals surface area contributed by atoms with Gasteiger partial charge in [0.05, 0.1) is 16.4 Å². The molecule has 0 saturated heterocycles. The Morgan fingerprint density at radius 2 is 2.11 bits per heavy atom. The van der Waals surface area contributed by atoms with Crippen LogP contribution in [0.2, 0.25) is 0 Å². The summed E-state index contributed by atoms with van der Waals surface area (Å²) in [7, 11) is 0. The van der Waals surface area contributed by atoms with Gasteiger partial charge in [-0.2, -0.15) is 0 Å². The molecule has 0 aliphatic heterocycles. The Morgan fingerprint density at radius 1 is 1.37 bits per heavy atom. The van der Waals surface area contributed by atoms with Crippen molar-refractivity contribution in [2.45, 2.75) is 13.8 Å². The molecule has 5 heteroatoms. The number of halogens is 1. The summed E-state index contributed by atoms with van der Waals surface area (Å²) in [6, 6.07) is 7.33. The summed E-state index contributed by atoms with van der Waals surface area (Å²) in [4.78, 5) is 16.3. The zero-order valence-corrected chi connectivity index (χ0v) is 12.3. The number of nitrogens with one attached hydrogen (secondary N) is 1. The molecule has 0 unspecified atom stereocenters. The Balaban J connectivity index is 2.28. The van der Waals surface area contributed by atoms with Crippen molar-refractivity contribution in [3.05, 3.63) is 51.6 Å². The number of carbonyl (C=O) groups excluding carboxylic acids is 1. The fourth-order valence-corrected chi connectivity index (χ4v) is 2.18. The van der Waals surface area contributed by atoms with Crippen molar-refractivity contribution in [2.24, 2.45) is 0 Å². The van der Waals surface area contributed by atoms with Crippen molar-refractivity contribution >= 4 is 33.3 Å². The van der Waals surface area contributed by atoms with Crippen LogP contribution in [0.4, 0.5) is 11.5 Å². The van der Waals surface area contributed by atoms with Gasteiger partial charge in [0.25, 0.3) is 5.91 Å². The van der Waals surface area contributed by atoms with Gasteiger partial charge in [-0.05, 0) is 53.0 Å². The summed E-state index contributed by atoms with van der Waals surface area (Å²) in [6.45, 7) is 3.90. The third-order valence-corrected chi connectivity index (χ3v) is 3.55. The fourth-order valence-electron chi connectivity index (χ4n) is 1.72. The number of nitrogen functional groups attached to an aromatic ring is 1. The van der Waals surface area contributed by atoms with Crippen LogP contribution in [-0.2, 0) is 0 Å². The van der Waals surface area contributed by atoms with Crippen LogP contribution in [0.25, 0.3) is 0 Å². The zero-order chi connectivity index (χ0) is 14.0. The second-order valence-corrected chi connectivity index (χ2v) is 5.16. The number of amides is 1. The molecule has 1 amide bonds. The van der Waals surface area contributed by atoms with E-state index in [4.69, 9.17) is 5.73 Å². The largest absolute Gasteiger partial charge is 0.397 e. The van der Waals surface area contributed by atoms with Crippen molar-refractivity contribution in [2.75, 3.05) is 11.1 Å². The molecule has 1 aromatic heterocycles. The molecule has 98 valence electrons. The predicted octanol–water partition coefficient (Wildman–Crippen LogP) is 3.30. The van der Waals surface area contributed by atoms with Gasteiger partial charge in [0.15, 0.2) is 0 Å². The number of rotatable bonds is 2. The number of hydrogen-bond donors (Lipinski definition) is 2. The second-order valence-electron chi connectivity index (χ2n) is 4.30. The Hall–Kier alpha value is -1.88. The van der Waals surface area contributed by atoms with E-state index in [2.05, 4.69) is 26.2 Å². The number of nitrogens with two attached hydrogens (primary N) is 1. The summed E-state index contributed by atoms with van der Waals surface area (Å²) in [5.41, 5.74) is 8.84. The van der Waals surface area contributed by atoms with E-state index in [1.807, 2.05) is 26.0 Å². The van der Waals surface area contributed by atoms with E-state index in [1.165, 1.54) is 6.20 Å². The normalized spacial score (nSPS) is 10.3. The molecule has 0 aliphatic carbocycles. The Kier molecular flexibility index (Phi) is 3.85. The lowest BCUT2D eigenvalue weighted by atomic mass is 10.0. The van der Waals surface area contributed by atoms with E-state index < -0.39 is 0 Å². The van der Waals surface area contributed by atoms with Gasteiger partial charge in [0.1, 0.15) is 5.82 Å². The van der Waals surface area contributed by atoms with Crippen LogP contribution in [0, 0.1) is 13.8 Å². The summed E-state index contributed by atoms with van der Waals surface area (Å²) < 4.78 is 0.658. The quantitative estimate of drug-likeness (QED) is 0.892. The van der Waals surface area contributed by atoms with Crippen molar-refractivity contribution < 1.29 is 4.79 Å². The number of aryl methyl sites for hydroxylation is 1. The summed E-state index contributed by atoms with van der Waals surface area (Å²) >= 11 is 3.32. The monoisotopic (exact) mass is 319 g/mol. The molecule has 4 nitrogen and oxygen atoms in total. The molecular formula is C14H14BrN3O. The Bertz CT molecular complexity index is 641. The van der Waals surface area contributed by atoms with Crippen LogP contribution in [-0.4, -0.2) is 10.9 Å². The highest BCUT2D eigenvalue weighted by Crippen LogP contribution is 2.23. The van der Waals surface area contributed by atoms with Crippen molar-refractivity contribution in [1.29, 1.82) is 0 Å². The van der Waals surface area contributed by atoms with Gasteiger partial charge in [-0.25, -0.2) is 4.98 Å². The zero-order valence-electron chi connectivity index (χ0n) is 10.7. The van der Waals surface area contributed by atoms with Crippen LogP contribution in [0.1, 0.15) is 21.5 Å². The topological polar surface area (TPSA) is 68.0 Å². The number of hydrogen-bond acceptors (Lipinski definition) is 3. The average Bonchev–Trinajstić information content (AvgIpc) is 2.36. The lowest BCUT2D eigenvalue weighted by Gasteiger charge is -2.10. The lowest BCUT2D eigenvalue weighted by molar-refractivity contribution is 0.102. The van der Waals surface area contributed by atoms with E-state index in [0.717, 1.165) is 11.1 Å². The van der Waals surface area contributed by atoms with E-state index >= 15 is 0 Å². The van der Waals surface area contributed by atoms with Gasteiger partial charge < -0.3 is 11.1 Å². The molecular weight excluding hydrogens is 306 g/mol. The van der Waals surface area contributed by atoms with Gasteiger partial charge in [-0.3, -0.25) is 4.79 Å². The fraction of sp³-hybridized carbons (Fsp3) is 0.143. The molecule has 0 bridgehead atoms. The average molecular weight is 320 g/mol. The molecule has 0 saturated carbocycles. The maximum Gasteiger partial charge on any atom is 0.257 e. The minimum atomic E-state index is -0.181. The van der Waals surface area contributed by atoms with Crippen molar-refractivity contribution in [3.63, 3.8) is 0 Å². The number of aromatic nitrogens is 1. The maximum atomic E-state index is 12.2. The van der Waals surface area contributed by atoms with Crippen LogP contribution in [0.3, 0.4) is 0 Å². The molecule has 0 fully saturated rings. The Labute approximate surface area is 120 Å². The molecule has 1 heterocycles. The van der Waals surface area contributed by atoms with Crippen LogP contribution < -0.4 is 11.1 Å². The first kappa shape index (κ1) is 13.5.